The van der Waals surface area contributed by atoms with Gasteiger partial charge < -0.3 is 15.4 Å². The summed E-state index contributed by atoms with van der Waals surface area (Å²) in [6, 6.07) is 9.33. The molecule has 126 valence electrons. The van der Waals surface area contributed by atoms with Gasteiger partial charge in [0.2, 0.25) is 5.88 Å². The van der Waals surface area contributed by atoms with E-state index in [1.54, 1.807) is 12.4 Å². The Bertz CT molecular complexity index is 642. The fourth-order valence-electron chi connectivity index (χ4n) is 2.18. The van der Waals surface area contributed by atoms with Gasteiger partial charge in [0.25, 0.3) is 0 Å². The zero-order chi connectivity index (χ0) is 16.6. The average molecular weight is 326 g/mol. The second kappa shape index (κ2) is 8.29. The van der Waals surface area contributed by atoms with Gasteiger partial charge in [-0.15, -0.1) is 0 Å². The number of rotatable bonds is 8. The number of ether oxygens (including phenoxy) is 1. The van der Waals surface area contributed by atoms with Gasteiger partial charge in [-0.2, -0.15) is 0 Å². The number of hydrogen-bond acceptors (Lipinski definition) is 4. The Kier molecular flexibility index (Phi) is 5.61. The molecule has 1 aliphatic carbocycles. The van der Waals surface area contributed by atoms with Gasteiger partial charge in [-0.3, -0.25) is 4.98 Å². The lowest BCUT2D eigenvalue weighted by atomic mass is 10.3. The lowest BCUT2D eigenvalue weighted by Gasteiger charge is -2.08. The van der Waals surface area contributed by atoms with Crippen molar-refractivity contribution in [2.45, 2.75) is 25.8 Å². The molecule has 6 heteroatoms. The summed E-state index contributed by atoms with van der Waals surface area (Å²) in [6.45, 7) is 1.74. The molecular weight excluding hydrogens is 304 g/mol. The zero-order valence-electron chi connectivity index (χ0n) is 13.6. The van der Waals surface area contributed by atoms with E-state index >= 15 is 0 Å². The fraction of sp³-hybridized carbons (Fsp3) is 0.389. The molecule has 0 aromatic carbocycles. The van der Waals surface area contributed by atoms with Crippen molar-refractivity contribution in [3.8, 4) is 5.88 Å². The van der Waals surface area contributed by atoms with Crippen LogP contribution in [0.5, 0.6) is 5.88 Å². The molecule has 2 N–H and O–H groups in total. The monoisotopic (exact) mass is 326 g/mol. The highest BCUT2D eigenvalue weighted by atomic mass is 16.5. The average Bonchev–Trinajstić information content (AvgIpc) is 3.44. The minimum absolute atomic E-state index is 0.194. The molecular formula is C18H22N4O2. The molecule has 1 fully saturated rings. The van der Waals surface area contributed by atoms with E-state index in [1.807, 2.05) is 30.3 Å². The van der Waals surface area contributed by atoms with Crippen LogP contribution in [0, 0.1) is 5.92 Å². The number of aromatic nitrogens is 2. The molecule has 2 amide bonds. The predicted molar refractivity (Wildman–Crippen MR) is 90.6 cm³/mol. The van der Waals surface area contributed by atoms with Crippen LogP contribution in [0.3, 0.4) is 0 Å². The summed E-state index contributed by atoms with van der Waals surface area (Å²) >= 11 is 0. The van der Waals surface area contributed by atoms with Crippen LogP contribution in [0.4, 0.5) is 4.79 Å². The van der Waals surface area contributed by atoms with Gasteiger partial charge in [0.05, 0.1) is 6.61 Å². The number of carbonyl (C=O) groups excluding carboxylic acids is 1. The maximum atomic E-state index is 11.8. The van der Waals surface area contributed by atoms with Gasteiger partial charge in [0.1, 0.15) is 0 Å². The molecule has 0 saturated heterocycles. The van der Waals surface area contributed by atoms with E-state index in [2.05, 4.69) is 20.6 Å². The largest absolute Gasteiger partial charge is 0.477 e. The summed E-state index contributed by atoms with van der Waals surface area (Å²) in [5, 5.41) is 5.63. The lowest BCUT2D eigenvalue weighted by molar-refractivity contribution is 0.240. The van der Waals surface area contributed by atoms with E-state index in [0.717, 1.165) is 17.9 Å². The number of nitrogens with zero attached hydrogens (tertiary/aromatic N) is 2. The molecule has 0 bridgehead atoms. The van der Waals surface area contributed by atoms with Crippen molar-refractivity contribution >= 4 is 6.03 Å². The van der Waals surface area contributed by atoms with E-state index in [4.69, 9.17) is 4.74 Å². The minimum Gasteiger partial charge on any atom is -0.477 e. The summed E-state index contributed by atoms with van der Waals surface area (Å²) in [4.78, 5) is 20.2. The van der Waals surface area contributed by atoms with Crippen LogP contribution < -0.4 is 15.4 Å². The van der Waals surface area contributed by atoms with Crippen molar-refractivity contribution in [3.05, 3.63) is 54.0 Å². The molecule has 0 spiro atoms. The lowest BCUT2D eigenvalue weighted by Crippen LogP contribution is -2.36. The highest BCUT2D eigenvalue weighted by Crippen LogP contribution is 2.29. The van der Waals surface area contributed by atoms with Gasteiger partial charge in [-0.25, -0.2) is 9.78 Å². The number of amides is 2. The Hall–Kier alpha value is -2.63. The zero-order valence-corrected chi connectivity index (χ0v) is 13.6. The van der Waals surface area contributed by atoms with E-state index in [1.165, 1.54) is 12.8 Å². The molecule has 0 radical (unpaired) electrons. The van der Waals surface area contributed by atoms with Crippen LogP contribution in [-0.2, 0) is 13.0 Å². The molecule has 1 aliphatic rings. The number of carbonyl (C=O) groups is 1. The molecule has 0 unspecified atom stereocenters. The standard InChI is InChI=1S/C18H22N4O2/c23-18(20-10-8-16-3-1-2-9-19-16)22-12-15-6-7-17(21-11-15)24-13-14-4-5-14/h1-3,6-7,9,11,14H,4-5,8,10,12-13H2,(H2,20,22,23). The Morgan fingerprint density at radius 3 is 2.79 bits per heavy atom. The van der Waals surface area contributed by atoms with Crippen molar-refractivity contribution in [2.75, 3.05) is 13.2 Å². The molecule has 2 aromatic heterocycles. The quantitative estimate of drug-likeness (QED) is 0.780. The maximum Gasteiger partial charge on any atom is 0.315 e. The summed E-state index contributed by atoms with van der Waals surface area (Å²) < 4.78 is 5.59. The minimum atomic E-state index is -0.194. The summed E-state index contributed by atoms with van der Waals surface area (Å²) in [7, 11) is 0. The first-order chi connectivity index (χ1) is 11.8. The van der Waals surface area contributed by atoms with Crippen LogP contribution in [-0.4, -0.2) is 29.2 Å². The summed E-state index contributed by atoms with van der Waals surface area (Å²) in [5.74, 6) is 1.35. The molecule has 6 nitrogen and oxygen atoms in total. The molecule has 3 rings (SSSR count). The second-order valence-electron chi connectivity index (χ2n) is 5.94. The first kappa shape index (κ1) is 16.2. The van der Waals surface area contributed by atoms with Gasteiger partial charge in [0.15, 0.2) is 0 Å². The van der Waals surface area contributed by atoms with Crippen molar-refractivity contribution in [1.82, 2.24) is 20.6 Å². The van der Waals surface area contributed by atoms with Crippen molar-refractivity contribution < 1.29 is 9.53 Å². The van der Waals surface area contributed by atoms with Gasteiger partial charge >= 0.3 is 6.03 Å². The molecule has 0 aliphatic heterocycles. The molecule has 2 aromatic rings. The van der Waals surface area contributed by atoms with Crippen LogP contribution in [0.1, 0.15) is 24.1 Å². The first-order valence-electron chi connectivity index (χ1n) is 8.29. The van der Waals surface area contributed by atoms with Gasteiger partial charge in [-0.1, -0.05) is 12.1 Å². The Labute approximate surface area is 141 Å². The van der Waals surface area contributed by atoms with Crippen LogP contribution >= 0.6 is 0 Å². The predicted octanol–water partition coefficient (Wildman–Crippen LogP) is 2.31. The number of pyridine rings is 2. The molecule has 1 saturated carbocycles. The number of hydrogen-bond donors (Lipinski definition) is 2. The van der Waals surface area contributed by atoms with E-state index in [0.29, 0.717) is 31.3 Å². The Morgan fingerprint density at radius 2 is 2.08 bits per heavy atom. The first-order valence-corrected chi connectivity index (χ1v) is 8.29. The van der Waals surface area contributed by atoms with Gasteiger partial charge in [-0.05, 0) is 36.5 Å². The Morgan fingerprint density at radius 1 is 1.17 bits per heavy atom. The third kappa shape index (κ3) is 5.53. The normalized spacial score (nSPS) is 13.3. The fourth-order valence-corrected chi connectivity index (χ4v) is 2.18. The number of nitrogens with one attached hydrogen (secondary N) is 2. The molecule has 0 atom stereocenters. The van der Waals surface area contributed by atoms with E-state index in [9.17, 15) is 4.79 Å². The highest BCUT2D eigenvalue weighted by molar-refractivity contribution is 5.73. The van der Waals surface area contributed by atoms with Crippen LogP contribution in [0.2, 0.25) is 0 Å². The topological polar surface area (TPSA) is 76.1 Å². The molecule has 24 heavy (non-hydrogen) atoms. The van der Waals surface area contributed by atoms with Crippen molar-refractivity contribution in [1.29, 1.82) is 0 Å². The van der Waals surface area contributed by atoms with Gasteiger partial charge in [0, 0.05) is 43.7 Å². The van der Waals surface area contributed by atoms with E-state index in [-0.39, 0.29) is 6.03 Å². The van der Waals surface area contributed by atoms with Crippen molar-refractivity contribution in [3.63, 3.8) is 0 Å². The van der Waals surface area contributed by atoms with Crippen molar-refractivity contribution in [2.24, 2.45) is 5.92 Å². The summed E-state index contributed by atoms with van der Waals surface area (Å²) in [6.07, 6.45) is 6.72. The second-order valence-corrected chi connectivity index (χ2v) is 5.94. The molecule has 2 heterocycles. The third-order valence-electron chi connectivity index (χ3n) is 3.81. The highest BCUT2D eigenvalue weighted by Gasteiger charge is 2.21. The SMILES string of the molecule is O=C(NCCc1ccccn1)NCc1ccc(OCC2CC2)nc1. The maximum absolute atomic E-state index is 11.8. The van der Waals surface area contributed by atoms with Crippen LogP contribution in [0.25, 0.3) is 0 Å². The van der Waals surface area contributed by atoms with Crippen LogP contribution in [0.15, 0.2) is 42.7 Å². The Balaban J connectivity index is 1.33. The third-order valence-corrected chi connectivity index (χ3v) is 3.81. The van der Waals surface area contributed by atoms with E-state index < -0.39 is 0 Å². The summed E-state index contributed by atoms with van der Waals surface area (Å²) in [5.41, 5.74) is 1.90. The number of urea groups is 1. The smallest absolute Gasteiger partial charge is 0.315 e.